The van der Waals surface area contributed by atoms with Gasteiger partial charge in [0.25, 0.3) is 0 Å². The fraction of sp³-hybridized carbons (Fsp3) is 0.333. The normalized spacial score (nSPS) is 12.9. The lowest BCUT2D eigenvalue weighted by Crippen LogP contribution is -2.37. The third kappa shape index (κ3) is 7.03. The number of aliphatic hydroxyl groups is 1. The van der Waals surface area contributed by atoms with Crippen molar-refractivity contribution in [3.8, 4) is 0 Å². The lowest BCUT2D eigenvalue weighted by atomic mass is 10.2. The second kappa shape index (κ2) is 10.2. The number of nitrogens with one attached hydrogen (secondary N) is 1. The molecule has 0 aliphatic rings. The first-order valence-corrected chi connectivity index (χ1v) is 12.0. The first-order valence-electron chi connectivity index (χ1n) is 7.99. The second-order valence-electron chi connectivity index (χ2n) is 5.68. The largest absolute Gasteiger partial charge is 0.396 e. The maximum Gasteiger partial charge on any atom is 0.240 e. The number of benzene rings is 2. The van der Waals surface area contributed by atoms with Gasteiger partial charge in [0.15, 0.2) is 0 Å². The number of aryl methyl sites for hydroxylation is 1. The van der Waals surface area contributed by atoms with E-state index in [0.717, 1.165) is 11.3 Å². The van der Waals surface area contributed by atoms with E-state index in [9.17, 15) is 13.5 Å². The molecule has 2 aromatic rings. The summed E-state index contributed by atoms with van der Waals surface area (Å²) >= 11 is 0. The summed E-state index contributed by atoms with van der Waals surface area (Å²) < 4.78 is 27.7. The minimum Gasteiger partial charge on any atom is -0.396 e. The van der Waals surface area contributed by atoms with Crippen LogP contribution < -0.4 is 4.72 Å². The summed E-state index contributed by atoms with van der Waals surface area (Å²) in [5.41, 5.74) is 2.25. The molecule has 0 bridgehead atoms. The Bertz CT molecular complexity index is 734. The highest BCUT2D eigenvalue weighted by atomic mass is 33.1. The van der Waals surface area contributed by atoms with Crippen LogP contribution in [-0.4, -0.2) is 31.9 Å². The zero-order valence-corrected chi connectivity index (χ0v) is 16.5. The van der Waals surface area contributed by atoms with Gasteiger partial charge in [-0.3, -0.25) is 0 Å². The quantitative estimate of drug-likeness (QED) is 0.474. The Morgan fingerprint density at radius 3 is 2.36 bits per heavy atom. The lowest BCUT2D eigenvalue weighted by Gasteiger charge is -2.17. The Kier molecular flexibility index (Phi) is 8.32. The Balaban J connectivity index is 1.87. The average Bonchev–Trinajstić information content (AvgIpc) is 2.60. The molecule has 2 rings (SSSR count). The van der Waals surface area contributed by atoms with Crippen molar-refractivity contribution in [2.45, 2.75) is 30.0 Å². The van der Waals surface area contributed by atoms with Crippen LogP contribution in [0.15, 0.2) is 59.5 Å². The molecule has 0 aliphatic carbocycles. The van der Waals surface area contributed by atoms with Crippen LogP contribution in [0.4, 0.5) is 0 Å². The maximum atomic E-state index is 12.5. The standard InChI is InChI=1S/C18H23NO3S3/c1-15-7-9-18(10-8-15)25(21,22)19-17(11-12-20)14-24-23-13-16-5-3-2-4-6-16/h2-10,17,19-20H,11-14H2,1H3. The fourth-order valence-corrected chi connectivity index (χ4v) is 5.89. The molecule has 0 saturated heterocycles. The molecule has 1 unspecified atom stereocenters. The smallest absolute Gasteiger partial charge is 0.240 e. The van der Waals surface area contributed by atoms with E-state index in [4.69, 9.17) is 0 Å². The number of aliphatic hydroxyl groups excluding tert-OH is 1. The summed E-state index contributed by atoms with van der Waals surface area (Å²) in [6.07, 6.45) is 0.393. The highest BCUT2D eigenvalue weighted by molar-refractivity contribution is 8.76. The Labute approximate surface area is 157 Å². The van der Waals surface area contributed by atoms with Crippen LogP contribution in [0.25, 0.3) is 0 Å². The molecule has 0 spiro atoms. The van der Waals surface area contributed by atoms with Crippen LogP contribution in [0, 0.1) is 6.92 Å². The number of hydrogen-bond acceptors (Lipinski definition) is 5. The van der Waals surface area contributed by atoms with Gasteiger partial charge in [-0.25, -0.2) is 13.1 Å². The minimum atomic E-state index is -3.57. The number of hydrogen-bond donors (Lipinski definition) is 2. The molecular formula is C18H23NO3S3. The van der Waals surface area contributed by atoms with E-state index in [1.165, 1.54) is 5.56 Å². The molecule has 0 aliphatic heterocycles. The summed E-state index contributed by atoms with van der Waals surface area (Å²) in [6.45, 7) is 1.87. The van der Waals surface area contributed by atoms with Crippen molar-refractivity contribution in [1.82, 2.24) is 4.72 Å². The molecular weight excluding hydrogens is 374 g/mol. The average molecular weight is 398 g/mol. The van der Waals surface area contributed by atoms with Gasteiger partial charge in [-0.1, -0.05) is 69.6 Å². The molecule has 25 heavy (non-hydrogen) atoms. The van der Waals surface area contributed by atoms with Crippen LogP contribution in [0.1, 0.15) is 17.5 Å². The molecule has 7 heteroatoms. The molecule has 2 aromatic carbocycles. The third-order valence-corrected chi connectivity index (χ3v) is 7.51. The predicted octanol–water partition coefficient (Wildman–Crippen LogP) is 3.61. The van der Waals surface area contributed by atoms with Crippen LogP contribution in [-0.2, 0) is 15.8 Å². The van der Waals surface area contributed by atoms with Crippen molar-refractivity contribution in [3.05, 3.63) is 65.7 Å². The van der Waals surface area contributed by atoms with Crippen LogP contribution in [0.3, 0.4) is 0 Å². The van der Waals surface area contributed by atoms with E-state index < -0.39 is 10.0 Å². The molecule has 0 saturated carbocycles. The van der Waals surface area contributed by atoms with Gasteiger partial charge in [-0.2, -0.15) is 0 Å². The summed E-state index contributed by atoms with van der Waals surface area (Å²) in [5.74, 6) is 1.46. The van der Waals surface area contributed by atoms with E-state index in [0.29, 0.717) is 12.2 Å². The minimum absolute atomic E-state index is 0.0506. The lowest BCUT2D eigenvalue weighted by molar-refractivity contribution is 0.276. The monoisotopic (exact) mass is 397 g/mol. The topological polar surface area (TPSA) is 66.4 Å². The molecule has 0 aromatic heterocycles. The SMILES string of the molecule is Cc1ccc(S(=O)(=O)NC(CCO)CSSCc2ccccc2)cc1. The van der Waals surface area contributed by atoms with Crippen molar-refractivity contribution in [2.75, 3.05) is 12.4 Å². The summed E-state index contributed by atoms with van der Waals surface area (Å²) in [5, 5.41) is 9.22. The van der Waals surface area contributed by atoms with Gasteiger partial charge in [-0.05, 0) is 31.0 Å². The summed E-state index contributed by atoms with van der Waals surface area (Å²) in [4.78, 5) is 0.253. The fourth-order valence-electron chi connectivity index (χ4n) is 2.15. The maximum absolute atomic E-state index is 12.5. The van der Waals surface area contributed by atoms with Crippen molar-refractivity contribution in [3.63, 3.8) is 0 Å². The van der Waals surface area contributed by atoms with E-state index in [-0.39, 0.29) is 17.5 Å². The summed E-state index contributed by atoms with van der Waals surface area (Å²) in [6, 6.07) is 16.6. The van der Waals surface area contributed by atoms with Gasteiger partial charge in [-0.15, -0.1) is 0 Å². The first kappa shape index (κ1) is 20.3. The van der Waals surface area contributed by atoms with Gasteiger partial charge in [0, 0.05) is 24.2 Å². The van der Waals surface area contributed by atoms with E-state index in [1.54, 1.807) is 45.9 Å². The van der Waals surface area contributed by atoms with Crippen LogP contribution in [0.5, 0.6) is 0 Å². The third-order valence-electron chi connectivity index (χ3n) is 3.55. The first-order chi connectivity index (χ1) is 12.0. The van der Waals surface area contributed by atoms with Crippen molar-refractivity contribution in [2.24, 2.45) is 0 Å². The molecule has 4 nitrogen and oxygen atoms in total. The second-order valence-corrected chi connectivity index (χ2v) is 9.90. The van der Waals surface area contributed by atoms with Gasteiger partial charge in [0.1, 0.15) is 0 Å². The summed E-state index contributed by atoms with van der Waals surface area (Å²) in [7, 11) is -0.274. The highest BCUT2D eigenvalue weighted by Gasteiger charge is 2.19. The van der Waals surface area contributed by atoms with Crippen molar-refractivity contribution >= 4 is 31.6 Å². The zero-order chi connectivity index (χ0) is 18.1. The molecule has 0 amide bonds. The van der Waals surface area contributed by atoms with E-state index >= 15 is 0 Å². The molecule has 0 heterocycles. The molecule has 0 radical (unpaired) electrons. The van der Waals surface area contributed by atoms with Gasteiger partial charge >= 0.3 is 0 Å². The van der Waals surface area contributed by atoms with Crippen LogP contribution in [0.2, 0.25) is 0 Å². The van der Waals surface area contributed by atoms with Gasteiger partial charge < -0.3 is 5.11 Å². The predicted molar refractivity (Wildman–Crippen MR) is 107 cm³/mol. The Hall–Kier alpha value is -0.990. The van der Waals surface area contributed by atoms with Crippen molar-refractivity contribution in [1.29, 1.82) is 0 Å². The number of rotatable bonds is 10. The van der Waals surface area contributed by atoms with Crippen molar-refractivity contribution < 1.29 is 13.5 Å². The van der Waals surface area contributed by atoms with Gasteiger partial charge in [0.05, 0.1) is 4.90 Å². The van der Waals surface area contributed by atoms with E-state index in [1.807, 2.05) is 25.1 Å². The molecule has 136 valence electrons. The van der Waals surface area contributed by atoms with E-state index in [2.05, 4.69) is 16.9 Å². The Morgan fingerprint density at radius 2 is 1.72 bits per heavy atom. The molecule has 0 fully saturated rings. The van der Waals surface area contributed by atoms with Crippen LogP contribution >= 0.6 is 21.6 Å². The zero-order valence-electron chi connectivity index (χ0n) is 14.1. The Morgan fingerprint density at radius 1 is 1.04 bits per heavy atom. The highest BCUT2D eigenvalue weighted by Crippen LogP contribution is 2.27. The molecule has 2 N–H and O–H groups in total. The molecule has 1 atom stereocenters. The van der Waals surface area contributed by atoms with Gasteiger partial charge in [0.2, 0.25) is 10.0 Å². The number of sulfonamides is 1.